The predicted octanol–water partition coefficient (Wildman–Crippen LogP) is 0.798. The molecule has 3 nitrogen and oxygen atoms in total. The highest BCUT2D eigenvalue weighted by Crippen LogP contribution is 2.12. The Morgan fingerprint density at radius 3 is 2.73 bits per heavy atom. The summed E-state index contributed by atoms with van der Waals surface area (Å²) in [6, 6.07) is 4.34. The van der Waals surface area contributed by atoms with Crippen LogP contribution in [0.5, 0.6) is 0 Å². The molecule has 0 aliphatic rings. The van der Waals surface area contributed by atoms with Gasteiger partial charge in [-0.2, -0.15) is 0 Å². The number of nitrogens with two attached hydrogens (primary N) is 2. The Morgan fingerprint density at radius 2 is 2.18 bits per heavy atom. The Bertz CT molecular complexity index is 252. The number of benzene rings is 1. The van der Waals surface area contributed by atoms with Crippen LogP contribution in [0.1, 0.15) is 5.56 Å². The number of hydrogen-bond acceptors (Lipinski definition) is 3. The highest BCUT2D eigenvalue weighted by molar-refractivity contribution is 5.42. The number of halogens is 1. The minimum Gasteiger partial charge on any atom is -0.396 e. The maximum absolute atomic E-state index is 12.5. The maximum Gasteiger partial charge on any atom is 0.146 e. The summed E-state index contributed by atoms with van der Waals surface area (Å²) in [6.07, 6.45) is 0. The summed E-state index contributed by atoms with van der Waals surface area (Å²) in [4.78, 5) is 4.34. The van der Waals surface area contributed by atoms with E-state index < -0.39 is 5.82 Å². The Hall–Kier alpha value is -1.13. The Kier molecular flexibility index (Phi) is 2.40. The number of hydrogen-bond donors (Lipinski definition) is 2. The van der Waals surface area contributed by atoms with Crippen molar-refractivity contribution in [3.8, 4) is 0 Å². The zero-order valence-corrected chi connectivity index (χ0v) is 5.88. The molecule has 0 atom stereocenters. The average Bonchev–Trinajstić information content (AvgIpc) is 1.98. The Labute approximate surface area is 63.7 Å². The van der Waals surface area contributed by atoms with Crippen LogP contribution >= 0.6 is 0 Å². The fourth-order valence-electron chi connectivity index (χ4n) is 0.779. The first-order valence-corrected chi connectivity index (χ1v) is 3.09. The molecule has 0 fully saturated rings. The summed E-state index contributed by atoms with van der Waals surface area (Å²) in [5.41, 5.74) is 6.15. The van der Waals surface area contributed by atoms with Crippen molar-refractivity contribution in [3.05, 3.63) is 29.6 Å². The standard InChI is InChI=1S/C7H9FN2O/c8-6-2-1-5(4-11-10)3-7(6)9/h1-3H,4,9-10H2. The van der Waals surface area contributed by atoms with Crippen molar-refractivity contribution in [2.24, 2.45) is 5.90 Å². The molecule has 0 spiro atoms. The lowest BCUT2D eigenvalue weighted by Gasteiger charge is -2.00. The van der Waals surface area contributed by atoms with Crippen LogP contribution in [0.2, 0.25) is 0 Å². The molecule has 0 aliphatic heterocycles. The predicted molar refractivity (Wildman–Crippen MR) is 39.8 cm³/mol. The third-order valence-corrected chi connectivity index (χ3v) is 1.31. The van der Waals surface area contributed by atoms with Crippen molar-refractivity contribution in [2.75, 3.05) is 5.73 Å². The molecule has 0 aromatic heterocycles. The van der Waals surface area contributed by atoms with E-state index in [0.717, 1.165) is 5.56 Å². The average molecular weight is 156 g/mol. The van der Waals surface area contributed by atoms with Crippen molar-refractivity contribution >= 4 is 5.69 Å². The first kappa shape index (κ1) is 7.97. The molecule has 0 aliphatic carbocycles. The van der Waals surface area contributed by atoms with Crippen LogP contribution in [0.4, 0.5) is 10.1 Å². The van der Waals surface area contributed by atoms with Crippen LogP contribution in [0.15, 0.2) is 18.2 Å². The van der Waals surface area contributed by atoms with E-state index in [9.17, 15) is 4.39 Å². The van der Waals surface area contributed by atoms with Gasteiger partial charge in [-0.3, -0.25) is 4.84 Å². The zero-order chi connectivity index (χ0) is 8.27. The van der Waals surface area contributed by atoms with E-state index in [2.05, 4.69) is 4.84 Å². The lowest BCUT2D eigenvalue weighted by molar-refractivity contribution is 0.124. The van der Waals surface area contributed by atoms with Crippen molar-refractivity contribution in [2.45, 2.75) is 6.61 Å². The SMILES string of the molecule is NOCc1ccc(F)c(N)c1. The molecule has 0 unspecified atom stereocenters. The zero-order valence-electron chi connectivity index (χ0n) is 5.88. The maximum atomic E-state index is 12.5. The molecule has 4 heteroatoms. The van der Waals surface area contributed by atoms with E-state index in [0.29, 0.717) is 0 Å². The van der Waals surface area contributed by atoms with Gasteiger partial charge in [0.1, 0.15) is 5.82 Å². The molecule has 4 N–H and O–H groups in total. The fraction of sp³-hybridized carbons (Fsp3) is 0.143. The monoisotopic (exact) mass is 156 g/mol. The molecular weight excluding hydrogens is 147 g/mol. The largest absolute Gasteiger partial charge is 0.396 e. The minimum atomic E-state index is -0.425. The van der Waals surface area contributed by atoms with Gasteiger partial charge in [0.2, 0.25) is 0 Å². The summed E-state index contributed by atoms with van der Waals surface area (Å²) in [5.74, 6) is 4.39. The summed E-state index contributed by atoms with van der Waals surface area (Å²) in [5, 5.41) is 0. The molecule has 0 bridgehead atoms. The summed E-state index contributed by atoms with van der Waals surface area (Å²) < 4.78 is 12.5. The van der Waals surface area contributed by atoms with Gasteiger partial charge >= 0.3 is 0 Å². The quantitative estimate of drug-likeness (QED) is 0.491. The lowest BCUT2D eigenvalue weighted by atomic mass is 10.2. The summed E-state index contributed by atoms with van der Waals surface area (Å²) >= 11 is 0. The highest BCUT2D eigenvalue weighted by atomic mass is 19.1. The topological polar surface area (TPSA) is 61.3 Å². The molecule has 11 heavy (non-hydrogen) atoms. The second kappa shape index (κ2) is 3.32. The molecular formula is C7H9FN2O. The molecule has 0 radical (unpaired) electrons. The smallest absolute Gasteiger partial charge is 0.146 e. The van der Waals surface area contributed by atoms with Gasteiger partial charge in [-0.1, -0.05) is 6.07 Å². The number of anilines is 1. The first-order valence-electron chi connectivity index (χ1n) is 3.09. The molecule has 0 saturated heterocycles. The van der Waals surface area contributed by atoms with Gasteiger partial charge in [-0.25, -0.2) is 10.3 Å². The number of nitrogen functional groups attached to an aromatic ring is 1. The van der Waals surface area contributed by atoms with Gasteiger partial charge in [0.05, 0.1) is 12.3 Å². The van der Waals surface area contributed by atoms with Crippen molar-refractivity contribution in [1.29, 1.82) is 0 Å². The molecule has 0 amide bonds. The Morgan fingerprint density at radius 1 is 1.45 bits per heavy atom. The number of rotatable bonds is 2. The second-order valence-corrected chi connectivity index (χ2v) is 2.17. The molecule has 0 heterocycles. The van der Waals surface area contributed by atoms with Gasteiger partial charge < -0.3 is 5.73 Å². The van der Waals surface area contributed by atoms with Crippen LogP contribution in [-0.4, -0.2) is 0 Å². The normalized spacial score (nSPS) is 10.0. The van der Waals surface area contributed by atoms with E-state index in [1.807, 2.05) is 0 Å². The van der Waals surface area contributed by atoms with Crippen molar-refractivity contribution in [3.63, 3.8) is 0 Å². The first-order chi connectivity index (χ1) is 5.24. The summed E-state index contributed by atoms with van der Waals surface area (Å²) in [7, 11) is 0. The molecule has 0 saturated carbocycles. The molecule has 1 aromatic rings. The highest BCUT2D eigenvalue weighted by Gasteiger charge is 1.98. The van der Waals surface area contributed by atoms with Crippen LogP contribution in [0, 0.1) is 5.82 Å². The van der Waals surface area contributed by atoms with Crippen LogP contribution in [-0.2, 0) is 11.4 Å². The van der Waals surface area contributed by atoms with Gasteiger partial charge in [-0.15, -0.1) is 0 Å². The Balaban J connectivity index is 2.86. The van der Waals surface area contributed by atoms with E-state index in [1.54, 1.807) is 6.07 Å². The van der Waals surface area contributed by atoms with E-state index in [1.165, 1.54) is 12.1 Å². The third kappa shape index (κ3) is 1.89. The van der Waals surface area contributed by atoms with Gasteiger partial charge in [0.15, 0.2) is 0 Å². The van der Waals surface area contributed by atoms with E-state index >= 15 is 0 Å². The van der Waals surface area contributed by atoms with Crippen molar-refractivity contribution in [1.82, 2.24) is 0 Å². The van der Waals surface area contributed by atoms with Crippen LogP contribution in [0.3, 0.4) is 0 Å². The van der Waals surface area contributed by atoms with Gasteiger partial charge in [0, 0.05) is 0 Å². The van der Waals surface area contributed by atoms with Gasteiger partial charge in [0.25, 0.3) is 0 Å². The minimum absolute atomic E-state index is 0.111. The van der Waals surface area contributed by atoms with Gasteiger partial charge in [-0.05, 0) is 17.7 Å². The second-order valence-electron chi connectivity index (χ2n) is 2.17. The molecule has 1 rings (SSSR count). The molecule has 1 aromatic carbocycles. The van der Waals surface area contributed by atoms with Crippen molar-refractivity contribution < 1.29 is 9.23 Å². The summed E-state index contributed by atoms with van der Waals surface area (Å²) in [6.45, 7) is 0.241. The fourth-order valence-corrected chi connectivity index (χ4v) is 0.779. The van der Waals surface area contributed by atoms with E-state index in [-0.39, 0.29) is 12.3 Å². The lowest BCUT2D eigenvalue weighted by Crippen LogP contribution is -2.00. The molecule has 60 valence electrons. The van der Waals surface area contributed by atoms with E-state index in [4.69, 9.17) is 11.6 Å². The van der Waals surface area contributed by atoms with Crippen LogP contribution < -0.4 is 11.6 Å². The third-order valence-electron chi connectivity index (χ3n) is 1.31. The van der Waals surface area contributed by atoms with Crippen LogP contribution in [0.25, 0.3) is 0 Å².